The second kappa shape index (κ2) is 5.67. The van der Waals surface area contributed by atoms with Crippen LogP contribution >= 0.6 is 0 Å². The Balaban J connectivity index is 1.90. The molecule has 0 bridgehead atoms. The Morgan fingerprint density at radius 2 is 2.11 bits per heavy atom. The number of hydrogen-bond donors (Lipinski definition) is 1. The lowest BCUT2D eigenvalue weighted by molar-refractivity contribution is 0.483. The van der Waals surface area contributed by atoms with Gasteiger partial charge in [0.15, 0.2) is 0 Å². The van der Waals surface area contributed by atoms with E-state index < -0.39 is 0 Å². The second-order valence-corrected chi connectivity index (χ2v) is 5.03. The molecule has 2 heterocycles. The molecule has 1 N–H and O–H groups in total. The van der Waals surface area contributed by atoms with Gasteiger partial charge in [0, 0.05) is 18.9 Å². The zero-order valence-corrected chi connectivity index (χ0v) is 11.2. The molecule has 2 aromatic rings. The van der Waals surface area contributed by atoms with Gasteiger partial charge in [0.1, 0.15) is 0 Å². The molecule has 0 unspecified atom stereocenters. The molecule has 0 aliphatic carbocycles. The number of hydrogen-bond acceptors (Lipinski definition) is 3. The molecule has 96 valence electrons. The number of nitrogens with zero attached hydrogens (tertiary/aromatic N) is 3. The largest absolute Gasteiger partial charge is 0.377 e. The van der Waals surface area contributed by atoms with Crippen molar-refractivity contribution >= 4 is 5.69 Å². The summed E-state index contributed by atoms with van der Waals surface area (Å²) >= 11 is 0. The molecule has 0 atom stereocenters. The maximum Gasteiger partial charge on any atom is 0.0729 e. The lowest BCUT2D eigenvalue weighted by Crippen LogP contribution is -2.04. The zero-order chi connectivity index (χ0) is 13.0. The Morgan fingerprint density at radius 3 is 2.78 bits per heavy atom. The number of aromatic nitrogens is 3. The highest BCUT2D eigenvalue weighted by Crippen LogP contribution is 2.09. The molecule has 4 nitrogen and oxygen atoms in total. The molecule has 2 aromatic heterocycles. The highest BCUT2D eigenvalue weighted by atomic mass is 15.3. The van der Waals surface area contributed by atoms with Crippen LogP contribution in [-0.4, -0.2) is 14.8 Å². The van der Waals surface area contributed by atoms with Gasteiger partial charge in [0.2, 0.25) is 0 Å². The highest BCUT2D eigenvalue weighted by molar-refractivity contribution is 5.38. The summed E-state index contributed by atoms with van der Waals surface area (Å²) in [5.41, 5.74) is 3.26. The lowest BCUT2D eigenvalue weighted by Gasteiger charge is -2.04. The monoisotopic (exact) mass is 244 g/mol. The predicted octanol–water partition coefficient (Wildman–Crippen LogP) is 2.85. The third-order valence-corrected chi connectivity index (χ3v) is 2.63. The number of rotatable bonds is 5. The Bertz CT molecular complexity index is 485. The molecule has 0 aliphatic rings. The van der Waals surface area contributed by atoms with Crippen LogP contribution in [0.3, 0.4) is 0 Å². The average molecular weight is 244 g/mol. The fourth-order valence-corrected chi connectivity index (χ4v) is 1.72. The molecule has 0 saturated carbocycles. The molecule has 0 fully saturated rings. The van der Waals surface area contributed by atoms with Crippen LogP contribution in [0.4, 0.5) is 5.69 Å². The Morgan fingerprint density at radius 1 is 1.28 bits per heavy atom. The summed E-state index contributed by atoms with van der Waals surface area (Å²) in [6, 6.07) is 4.12. The van der Waals surface area contributed by atoms with Crippen molar-refractivity contribution in [2.45, 2.75) is 33.9 Å². The van der Waals surface area contributed by atoms with Crippen LogP contribution in [0, 0.1) is 12.8 Å². The first kappa shape index (κ1) is 12.6. The van der Waals surface area contributed by atoms with E-state index >= 15 is 0 Å². The van der Waals surface area contributed by atoms with E-state index in [-0.39, 0.29) is 0 Å². The summed E-state index contributed by atoms with van der Waals surface area (Å²) in [4.78, 5) is 4.36. The van der Waals surface area contributed by atoms with Gasteiger partial charge < -0.3 is 5.32 Å². The quantitative estimate of drug-likeness (QED) is 0.879. The molecule has 2 rings (SSSR count). The van der Waals surface area contributed by atoms with Crippen molar-refractivity contribution in [3.8, 4) is 0 Å². The van der Waals surface area contributed by atoms with Gasteiger partial charge in [-0.2, -0.15) is 5.10 Å². The minimum absolute atomic E-state index is 0.608. The first-order valence-corrected chi connectivity index (χ1v) is 6.31. The van der Waals surface area contributed by atoms with E-state index in [0.29, 0.717) is 5.92 Å². The summed E-state index contributed by atoms with van der Waals surface area (Å²) in [6.07, 6.45) is 5.78. The van der Waals surface area contributed by atoms with Crippen molar-refractivity contribution in [3.05, 3.63) is 42.0 Å². The Labute approximate surface area is 108 Å². The van der Waals surface area contributed by atoms with Gasteiger partial charge in [-0.15, -0.1) is 0 Å². The average Bonchev–Trinajstić information content (AvgIpc) is 2.75. The van der Waals surface area contributed by atoms with Crippen LogP contribution < -0.4 is 5.32 Å². The molecule has 4 heteroatoms. The van der Waals surface area contributed by atoms with Gasteiger partial charge in [0.25, 0.3) is 0 Å². The fraction of sp³-hybridized carbons (Fsp3) is 0.429. The second-order valence-electron chi connectivity index (χ2n) is 5.03. The van der Waals surface area contributed by atoms with Crippen LogP contribution in [0.5, 0.6) is 0 Å². The predicted molar refractivity (Wildman–Crippen MR) is 73.4 cm³/mol. The van der Waals surface area contributed by atoms with Crippen molar-refractivity contribution in [3.63, 3.8) is 0 Å². The molecule has 0 aromatic carbocycles. The first-order chi connectivity index (χ1) is 8.63. The first-order valence-electron chi connectivity index (χ1n) is 6.31. The summed E-state index contributed by atoms with van der Waals surface area (Å²) in [6.45, 7) is 8.09. The summed E-state index contributed by atoms with van der Waals surface area (Å²) in [5.74, 6) is 0.608. The van der Waals surface area contributed by atoms with Gasteiger partial charge in [-0.05, 0) is 24.5 Å². The maximum atomic E-state index is 4.36. The third-order valence-electron chi connectivity index (χ3n) is 2.63. The molecular weight excluding hydrogens is 224 g/mol. The van der Waals surface area contributed by atoms with Gasteiger partial charge >= 0.3 is 0 Å². The van der Waals surface area contributed by atoms with E-state index in [2.05, 4.69) is 35.3 Å². The van der Waals surface area contributed by atoms with Gasteiger partial charge in [0.05, 0.1) is 24.1 Å². The summed E-state index contributed by atoms with van der Waals surface area (Å²) in [7, 11) is 0. The molecule has 0 spiro atoms. The SMILES string of the molecule is Cc1ccc(CNc2cnn(CC(C)C)c2)nc1. The zero-order valence-electron chi connectivity index (χ0n) is 11.2. The minimum atomic E-state index is 0.608. The van der Waals surface area contributed by atoms with Crippen LogP contribution in [0.15, 0.2) is 30.7 Å². The van der Waals surface area contributed by atoms with E-state index in [1.165, 1.54) is 5.56 Å². The standard InChI is InChI=1S/C14H20N4/c1-11(2)9-18-10-14(8-17-18)16-7-13-5-4-12(3)6-15-13/h4-6,8,10-11,16H,7,9H2,1-3H3. The van der Waals surface area contributed by atoms with Gasteiger partial charge in [-0.25, -0.2) is 0 Å². The van der Waals surface area contributed by atoms with Crippen molar-refractivity contribution < 1.29 is 0 Å². The smallest absolute Gasteiger partial charge is 0.0729 e. The summed E-state index contributed by atoms with van der Waals surface area (Å²) in [5, 5.41) is 7.64. The normalized spacial score (nSPS) is 10.9. The van der Waals surface area contributed by atoms with Crippen LogP contribution in [0.1, 0.15) is 25.1 Å². The van der Waals surface area contributed by atoms with Crippen molar-refractivity contribution in [2.75, 3.05) is 5.32 Å². The van der Waals surface area contributed by atoms with Crippen LogP contribution in [-0.2, 0) is 13.1 Å². The van der Waals surface area contributed by atoms with E-state index in [9.17, 15) is 0 Å². The van der Waals surface area contributed by atoms with Crippen LogP contribution in [0.2, 0.25) is 0 Å². The van der Waals surface area contributed by atoms with E-state index in [4.69, 9.17) is 0 Å². The third kappa shape index (κ3) is 3.58. The Kier molecular flexibility index (Phi) is 3.97. The molecule has 0 radical (unpaired) electrons. The number of anilines is 1. The highest BCUT2D eigenvalue weighted by Gasteiger charge is 2.01. The summed E-state index contributed by atoms with van der Waals surface area (Å²) < 4.78 is 1.97. The Hall–Kier alpha value is -1.84. The van der Waals surface area contributed by atoms with Gasteiger partial charge in [-0.3, -0.25) is 9.67 Å². The molecule has 18 heavy (non-hydrogen) atoms. The van der Waals surface area contributed by atoms with Crippen molar-refractivity contribution in [1.82, 2.24) is 14.8 Å². The van der Waals surface area contributed by atoms with Crippen LogP contribution in [0.25, 0.3) is 0 Å². The minimum Gasteiger partial charge on any atom is -0.377 e. The van der Waals surface area contributed by atoms with E-state index in [1.807, 2.05) is 36.3 Å². The lowest BCUT2D eigenvalue weighted by atomic mass is 10.2. The molecule has 0 aliphatic heterocycles. The maximum absolute atomic E-state index is 4.36. The van der Waals surface area contributed by atoms with E-state index in [1.54, 1.807) is 0 Å². The molecular formula is C14H20N4. The fourth-order valence-electron chi connectivity index (χ4n) is 1.72. The van der Waals surface area contributed by atoms with Crippen molar-refractivity contribution in [2.24, 2.45) is 5.92 Å². The number of nitrogens with one attached hydrogen (secondary N) is 1. The molecule has 0 saturated heterocycles. The van der Waals surface area contributed by atoms with Gasteiger partial charge in [-0.1, -0.05) is 19.9 Å². The topological polar surface area (TPSA) is 42.7 Å². The number of pyridine rings is 1. The van der Waals surface area contributed by atoms with E-state index in [0.717, 1.165) is 24.5 Å². The number of aryl methyl sites for hydroxylation is 1. The molecule has 0 amide bonds. The van der Waals surface area contributed by atoms with Crippen molar-refractivity contribution in [1.29, 1.82) is 0 Å².